The van der Waals surface area contributed by atoms with Crippen molar-refractivity contribution >= 4 is 17.7 Å². The fraction of sp³-hybridized carbons (Fsp3) is 0.278. The van der Waals surface area contributed by atoms with Crippen LogP contribution in [0.1, 0.15) is 5.56 Å². The van der Waals surface area contributed by atoms with Crippen molar-refractivity contribution in [3.63, 3.8) is 0 Å². The number of halogens is 2. The maximum Gasteiger partial charge on any atom is 0.230 e. The Hall–Kier alpha value is -2.48. The molecule has 2 rings (SSSR count). The molecule has 5 nitrogen and oxygen atoms in total. The minimum atomic E-state index is -0.688. The van der Waals surface area contributed by atoms with Gasteiger partial charge in [0.1, 0.15) is 11.6 Å². The largest absolute Gasteiger partial charge is 0.493 e. The second-order valence-electron chi connectivity index (χ2n) is 5.17. The van der Waals surface area contributed by atoms with Crippen LogP contribution in [0.5, 0.6) is 17.2 Å². The van der Waals surface area contributed by atoms with Gasteiger partial charge in [0.15, 0.2) is 11.5 Å². The van der Waals surface area contributed by atoms with E-state index in [1.807, 2.05) is 0 Å². The third-order valence-corrected chi connectivity index (χ3v) is 4.52. The number of methoxy groups -OCH3 is 3. The minimum absolute atomic E-state index is 0.00692. The maximum absolute atomic E-state index is 13.6. The van der Waals surface area contributed by atoms with Gasteiger partial charge in [-0.15, -0.1) is 11.8 Å². The number of carbonyl (C=O) groups is 1. The number of benzene rings is 2. The maximum atomic E-state index is 13.6. The van der Waals surface area contributed by atoms with E-state index in [1.54, 1.807) is 12.1 Å². The highest BCUT2D eigenvalue weighted by atomic mass is 32.2. The summed E-state index contributed by atoms with van der Waals surface area (Å²) in [6.45, 7) is 0.238. The highest BCUT2D eigenvalue weighted by molar-refractivity contribution is 8.00. The summed E-state index contributed by atoms with van der Waals surface area (Å²) in [7, 11) is 4.52. The lowest BCUT2D eigenvalue weighted by atomic mass is 10.2. The van der Waals surface area contributed by atoms with Gasteiger partial charge in [-0.1, -0.05) is 0 Å². The smallest absolute Gasteiger partial charge is 0.230 e. The molecule has 0 atom stereocenters. The van der Waals surface area contributed by atoms with Gasteiger partial charge in [-0.25, -0.2) is 8.78 Å². The zero-order valence-corrected chi connectivity index (χ0v) is 15.4. The summed E-state index contributed by atoms with van der Waals surface area (Å²) in [5.41, 5.74) is 0.755. The molecule has 1 amide bonds. The summed E-state index contributed by atoms with van der Waals surface area (Å²) < 4.78 is 42.2. The molecular weight excluding hydrogens is 364 g/mol. The molecule has 0 spiro atoms. The molecule has 0 saturated heterocycles. The molecule has 0 aliphatic rings. The molecule has 26 heavy (non-hydrogen) atoms. The first-order valence-corrected chi connectivity index (χ1v) is 8.60. The Bertz CT molecular complexity index is 761. The molecule has 0 fully saturated rings. The summed E-state index contributed by atoms with van der Waals surface area (Å²) in [6.07, 6.45) is 0. The van der Waals surface area contributed by atoms with Crippen LogP contribution in [0.25, 0.3) is 0 Å². The van der Waals surface area contributed by atoms with E-state index >= 15 is 0 Å². The number of hydrogen-bond acceptors (Lipinski definition) is 5. The van der Waals surface area contributed by atoms with Gasteiger partial charge in [-0.3, -0.25) is 4.79 Å². The quantitative estimate of drug-likeness (QED) is 0.708. The van der Waals surface area contributed by atoms with Crippen LogP contribution in [0.4, 0.5) is 8.78 Å². The average Bonchev–Trinajstić information content (AvgIpc) is 2.64. The molecule has 0 heterocycles. The molecule has 8 heteroatoms. The predicted molar refractivity (Wildman–Crippen MR) is 95.0 cm³/mol. The van der Waals surface area contributed by atoms with Crippen molar-refractivity contribution < 1.29 is 27.8 Å². The Morgan fingerprint density at radius 3 is 2.23 bits per heavy atom. The van der Waals surface area contributed by atoms with E-state index in [1.165, 1.54) is 27.4 Å². The third-order valence-electron chi connectivity index (χ3n) is 3.47. The number of carbonyl (C=O) groups excluding carboxylic acids is 1. The summed E-state index contributed by atoms with van der Waals surface area (Å²) in [6, 6.07) is 6.71. The van der Waals surface area contributed by atoms with E-state index in [2.05, 4.69) is 5.32 Å². The van der Waals surface area contributed by atoms with Crippen LogP contribution in [0.15, 0.2) is 35.2 Å². The van der Waals surface area contributed by atoms with Crippen LogP contribution in [-0.2, 0) is 11.3 Å². The highest BCUT2D eigenvalue weighted by Crippen LogP contribution is 2.38. The van der Waals surface area contributed by atoms with E-state index in [-0.39, 0.29) is 23.1 Å². The molecule has 1 N–H and O–H groups in total. The number of nitrogens with one attached hydrogen (secondary N) is 1. The minimum Gasteiger partial charge on any atom is -0.493 e. The molecule has 0 aliphatic carbocycles. The molecule has 0 aromatic heterocycles. The first-order valence-electron chi connectivity index (χ1n) is 7.62. The second-order valence-corrected chi connectivity index (χ2v) is 6.19. The lowest BCUT2D eigenvalue weighted by Crippen LogP contribution is -2.24. The molecule has 2 aromatic carbocycles. The van der Waals surface area contributed by atoms with Crippen LogP contribution >= 0.6 is 11.8 Å². The fourth-order valence-electron chi connectivity index (χ4n) is 2.22. The van der Waals surface area contributed by atoms with Crippen molar-refractivity contribution in [2.75, 3.05) is 27.1 Å². The molecule has 2 aromatic rings. The van der Waals surface area contributed by atoms with Crippen molar-refractivity contribution in [2.24, 2.45) is 0 Å². The molecule has 0 saturated carbocycles. The number of thioether (sulfide) groups is 1. The van der Waals surface area contributed by atoms with Gasteiger partial charge in [-0.05, 0) is 29.8 Å². The van der Waals surface area contributed by atoms with Crippen LogP contribution in [0.3, 0.4) is 0 Å². The number of rotatable bonds is 8. The Labute approximate surface area is 154 Å². The monoisotopic (exact) mass is 383 g/mol. The second kappa shape index (κ2) is 9.28. The van der Waals surface area contributed by atoms with Gasteiger partial charge in [0, 0.05) is 17.5 Å². The van der Waals surface area contributed by atoms with Crippen molar-refractivity contribution in [1.82, 2.24) is 5.32 Å². The molecule has 140 valence electrons. The standard InChI is InChI=1S/C18H19F2NO4S/c1-23-14-6-11(7-15(24-2)18(14)25-3)9-21-17(22)10-26-16-5-4-12(19)8-13(16)20/h4-8H,9-10H2,1-3H3,(H,21,22). The topological polar surface area (TPSA) is 56.8 Å². The van der Waals surface area contributed by atoms with Gasteiger partial charge in [-0.2, -0.15) is 0 Å². The Morgan fingerprint density at radius 1 is 1.04 bits per heavy atom. The molecule has 0 radical (unpaired) electrons. The van der Waals surface area contributed by atoms with Crippen molar-refractivity contribution in [3.05, 3.63) is 47.5 Å². The molecule has 0 bridgehead atoms. The van der Waals surface area contributed by atoms with Gasteiger partial charge >= 0.3 is 0 Å². The van der Waals surface area contributed by atoms with E-state index in [0.717, 1.165) is 29.5 Å². The average molecular weight is 383 g/mol. The van der Waals surface area contributed by atoms with Gasteiger partial charge < -0.3 is 19.5 Å². The van der Waals surface area contributed by atoms with E-state index in [4.69, 9.17) is 14.2 Å². The summed E-state index contributed by atoms with van der Waals surface area (Å²) in [5.74, 6) is -0.184. The van der Waals surface area contributed by atoms with Gasteiger partial charge in [0.25, 0.3) is 0 Å². The van der Waals surface area contributed by atoms with Gasteiger partial charge in [0.2, 0.25) is 11.7 Å². The molecule has 0 aliphatic heterocycles. The van der Waals surface area contributed by atoms with E-state index < -0.39 is 11.6 Å². The zero-order valence-electron chi connectivity index (χ0n) is 14.6. The van der Waals surface area contributed by atoms with Gasteiger partial charge in [0.05, 0.1) is 27.1 Å². The highest BCUT2D eigenvalue weighted by Gasteiger charge is 2.14. The normalized spacial score (nSPS) is 10.3. The molecular formula is C18H19F2NO4S. The Kier molecular flexibility index (Phi) is 7.08. The van der Waals surface area contributed by atoms with Crippen molar-refractivity contribution in [3.8, 4) is 17.2 Å². The van der Waals surface area contributed by atoms with Crippen LogP contribution < -0.4 is 19.5 Å². The predicted octanol–water partition coefficient (Wildman–Crippen LogP) is 3.40. The van der Waals surface area contributed by atoms with Crippen LogP contribution in [0, 0.1) is 11.6 Å². The summed E-state index contributed by atoms with van der Waals surface area (Å²) >= 11 is 0.997. The lowest BCUT2D eigenvalue weighted by molar-refractivity contribution is -0.118. The first kappa shape index (κ1) is 19.8. The number of ether oxygens (including phenoxy) is 3. The SMILES string of the molecule is COc1cc(CNC(=O)CSc2ccc(F)cc2F)cc(OC)c1OC. The number of amides is 1. The summed E-state index contributed by atoms with van der Waals surface area (Å²) in [5, 5.41) is 2.73. The van der Waals surface area contributed by atoms with Crippen LogP contribution in [-0.4, -0.2) is 33.0 Å². The fourth-order valence-corrected chi connectivity index (χ4v) is 2.97. The zero-order chi connectivity index (χ0) is 19.1. The first-order chi connectivity index (χ1) is 12.5. The Balaban J connectivity index is 1.96. The van der Waals surface area contributed by atoms with E-state index in [9.17, 15) is 13.6 Å². The third kappa shape index (κ3) is 5.01. The Morgan fingerprint density at radius 2 is 1.69 bits per heavy atom. The lowest BCUT2D eigenvalue weighted by Gasteiger charge is -2.14. The summed E-state index contributed by atoms with van der Waals surface area (Å²) in [4.78, 5) is 12.2. The number of hydrogen-bond donors (Lipinski definition) is 1. The van der Waals surface area contributed by atoms with Crippen LogP contribution in [0.2, 0.25) is 0 Å². The van der Waals surface area contributed by atoms with Crippen molar-refractivity contribution in [1.29, 1.82) is 0 Å². The van der Waals surface area contributed by atoms with Crippen molar-refractivity contribution in [2.45, 2.75) is 11.4 Å². The van der Waals surface area contributed by atoms with E-state index in [0.29, 0.717) is 17.2 Å². The molecule has 0 unspecified atom stereocenters.